The summed E-state index contributed by atoms with van der Waals surface area (Å²) in [4.78, 5) is 41.1. The number of amides is 3. The van der Waals surface area contributed by atoms with Crippen molar-refractivity contribution in [3.63, 3.8) is 0 Å². The van der Waals surface area contributed by atoms with Crippen molar-refractivity contribution in [3.8, 4) is 0 Å². The van der Waals surface area contributed by atoms with Gasteiger partial charge in [0.1, 0.15) is 6.04 Å². The van der Waals surface area contributed by atoms with Crippen LogP contribution in [-0.4, -0.2) is 28.7 Å². The van der Waals surface area contributed by atoms with Crippen LogP contribution in [0, 0.1) is 23.7 Å². The molecular weight excluding hydrogens is 376 g/mol. The lowest BCUT2D eigenvalue weighted by Crippen LogP contribution is -2.51. The first-order valence-corrected chi connectivity index (χ1v) is 10.5. The zero-order chi connectivity index (χ0) is 20.7. The van der Waals surface area contributed by atoms with Gasteiger partial charge in [-0.1, -0.05) is 72.8 Å². The highest BCUT2D eigenvalue weighted by Crippen LogP contribution is 2.52. The minimum atomic E-state index is -0.832. The minimum absolute atomic E-state index is 0.131. The normalized spacial score (nSPS) is 27.4. The Morgan fingerprint density at radius 1 is 0.867 bits per heavy atom. The van der Waals surface area contributed by atoms with Crippen LogP contribution in [0.3, 0.4) is 0 Å². The third kappa shape index (κ3) is 3.15. The smallest absolute Gasteiger partial charge is 0.243 e. The Balaban J connectivity index is 1.40. The summed E-state index contributed by atoms with van der Waals surface area (Å²) in [5, 5.41) is 2.94. The van der Waals surface area contributed by atoms with E-state index < -0.39 is 6.04 Å². The van der Waals surface area contributed by atoms with Crippen LogP contribution >= 0.6 is 0 Å². The van der Waals surface area contributed by atoms with E-state index in [0.717, 1.165) is 17.5 Å². The van der Waals surface area contributed by atoms with Crippen LogP contribution in [-0.2, 0) is 27.3 Å². The fourth-order valence-corrected chi connectivity index (χ4v) is 5.27. The van der Waals surface area contributed by atoms with Crippen LogP contribution in [0.5, 0.6) is 0 Å². The Morgan fingerprint density at radius 2 is 1.40 bits per heavy atom. The summed E-state index contributed by atoms with van der Waals surface area (Å²) >= 11 is 0. The molecule has 2 aromatic carbocycles. The van der Waals surface area contributed by atoms with Gasteiger partial charge in [0, 0.05) is 13.0 Å². The average molecular weight is 400 g/mol. The van der Waals surface area contributed by atoms with Crippen LogP contribution in [0.4, 0.5) is 0 Å². The summed E-state index contributed by atoms with van der Waals surface area (Å²) in [5.41, 5.74) is 1.90. The highest BCUT2D eigenvalue weighted by atomic mass is 16.2. The molecule has 5 heteroatoms. The average Bonchev–Trinajstić information content (AvgIpc) is 3.46. The molecule has 5 atom stereocenters. The number of carbonyl (C=O) groups excluding carboxylic acids is 3. The Bertz CT molecular complexity index is 972. The van der Waals surface area contributed by atoms with E-state index in [2.05, 4.69) is 17.5 Å². The Kier molecular flexibility index (Phi) is 4.74. The molecule has 0 unspecified atom stereocenters. The Labute approximate surface area is 175 Å². The number of nitrogens with zero attached hydrogens (tertiary/aromatic N) is 1. The quantitative estimate of drug-likeness (QED) is 0.599. The second kappa shape index (κ2) is 7.56. The summed E-state index contributed by atoms with van der Waals surface area (Å²) in [6.45, 7) is 0.362. The van der Waals surface area contributed by atoms with Gasteiger partial charge in [0.05, 0.1) is 11.8 Å². The number of carbonyl (C=O) groups is 3. The molecule has 2 aromatic rings. The SMILES string of the molecule is O=C(NCc1ccccc1)[C@H](Cc1ccccc1)N1C(=O)[C@@H]2[C@H](C1=O)[C@@H]1C=C[C@H]2C1. The van der Waals surface area contributed by atoms with Crippen molar-refractivity contribution in [2.75, 3.05) is 0 Å². The lowest BCUT2D eigenvalue weighted by molar-refractivity contribution is -0.148. The first kappa shape index (κ1) is 18.8. The molecule has 5 nitrogen and oxygen atoms in total. The number of hydrogen-bond donors (Lipinski definition) is 1. The van der Waals surface area contributed by atoms with Gasteiger partial charge in [-0.2, -0.15) is 0 Å². The van der Waals surface area contributed by atoms with Gasteiger partial charge in [0.25, 0.3) is 0 Å². The van der Waals surface area contributed by atoms with Crippen LogP contribution in [0.25, 0.3) is 0 Å². The van der Waals surface area contributed by atoms with E-state index in [-0.39, 0.29) is 41.4 Å². The topological polar surface area (TPSA) is 66.5 Å². The van der Waals surface area contributed by atoms with Crippen molar-refractivity contribution in [1.29, 1.82) is 0 Å². The maximum absolute atomic E-state index is 13.3. The van der Waals surface area contributed by atoms with E-state index in [1.54, 1.807) is 0 Å². The summed E-state index contributed by atoms with van der Waals surface area (Å²) < 4.78 is 0. The van der Waals surface area contributed by atoms with Gasteiger partial charge in [-0.25, -0.2) is 0 Å². The molecule has 1 N–H and O–H groups in total. The van der Waals surface area contributed by atoms with Gasteiger partial charge < -0.3 is 5.32 Å². The van der Waals surface area contributed by atoms with Gasteiger partial charge in [-0.3, -0.25) is 19.3 Å². The third-order valence-corrected chi connectivity index (χ3v) is 6.70. The fourth-order valence-electron chi connectivity index (χ4n) is 5.27. The number of nitrogens with one attached hydrogen (secondary N) is 1. The number of likely N-dealkylation sites (tertiary alicyclic amines) is 1. The summed E-state index contributed by atoms with van der Waals surface area (Å²) in [6, 6.07) is 18.4. The second-order valence-electron chi connectivity index (χ2n) is 8.46. The van der Waals surface area contributed by atoms with E-state index in [9.17, 15) is 14.4 Å². The molecule has 30 heavy (non-hydrogen) atoms. The highest BCUT2D eigenvalue weighted by Gasteiger charge is 2.61. The maximum Gasteiger partial charge on any atom is 0.243 e. The molecule has 0 aromatic heterocycles. The minimum Gasteiger partial charge on any atom is -0.350 e. The predicted molar refractivity (Wildman–Crippen MR) is 112 cm³/mol. The predicted octanol–water partition coefficient (Wildman–Crippen LogP) is 2.72. The van der Waals surface area contributed by atoms with Gasteiger partial charge in [0.2, 0.25) is 17.7 Å². The van der Waals surface area contributed by atoms with Gasteiger partial charge >= 0.3 is 0 Å². The standard InChI is InChI=1S/C25H24N2O3/c28-23(26-15-17-9-5-2-6-10-17)20(13-16-7-3-1-4-8-16)27-24(29)21-18-11-12-19(14-18)22(21)25(27)30/h1-12,18-22H,13-15H2,(H,26,28)/t18-,19+,20-,21-,22+/m0/s1. The monoisotopic (exact) mass is 400 g/mol. The largest absolute Gasteiger partial charge is 0.350 e. The van der Waals surface area contributed by atoms with Crippen LogP contribution in [0.1, 0.15) is 17.5 Å². The molecule has 2 bridgehead atoms. The lowest BCUT2D eigenvalue weighted by atomic mass is 9.85. The zero-order valence-electron chi connectivity index (χ0n) is 16.6. The molecule has 2 aliphatic carbocycles. The second-order valence-corrected chi connectivity index (χ2v) is 8.46. The summed E-state index contributed by atoms with van der Waals surface area (Å²) in [6.07, 6.45) is 5.34. The molecular formula is C25H24N2O3. The maximum atomic E-state index is 13.3. The molecule has 3 aliphatic rings. The van der Waals surface area contributed by atoms with Crippen molar-refractivity contribution in [1.82, 2.24) is 10.2 Å². The molecule has 0 radical (unpaired) electrons. The van der Waals surface area contributed by atoms with Crippen molar-refractivity contribution in [2.24, 2.45) is 23.7 Å². The van der Waals surface area contributed by atoms with E-state index in [1.165, 1.54) is 4.90 Å². The van der Waals surface area contributed by atoms with E-state index in [0.29, 0.717) is 13.0 Å². The lowest BCUT2D eigenvalue weighted by Gasteiger charge is -2.27. The van der Waals surface area contributed by atoms with Gasteiger partial charge in [-0.15, -0.1) is 0 Å². The highest BCUT2D eigenvalue weighted by molar-refractivity contribution is 6.09. The molecule has 1 heterocycles. The van der Waals surface area contributed by atoms with Gasteiger partial charge in [0.15, 0.2) is 0 Å². The first-order valence-electron chi connectivity index (χ1n) is 10.5. The van der Waals surface area contributed by atoms with Crippen LogP contribution < -0.4 is 5.32 Å². The van der Waals surface area contributed by atoms with Crippen LogP contribution in [0.15, 0.2) is 72.8 Å². The molecule has 152 valence electrons. The van der Waals surface area contributed by atoms with Gasteiger partial charge in [-0.05, 0) is 29.4 Å². The number of imide groups is 1. The third-order valence-electron chi connectivity index (χ3n) is 6.70. The van der Waals surface area contributed by atoms with E-state index >= 15 is 0 Å². The molecule has 2 fully saturated rings. The number of hydrogen-bond acceptors (Lipinski definition) is 3. The number of benzene rings is 2. The van der Waals surface area contributed by atoms with E-state index in [4.69, 9.17) is 0 Å². The number of allylic oxidation sites excluding steroid dienone is 2. The number of fused-ring (bicyclic) bond motifs is 5. The molecule has 0 spiro atoms. The van der Waals surface area contributed by atoms with Crippen LogP contribution in [0.2, 0.25) is 0 Å². The Hall–Kier alpha value is -3.21. The molecule has 1 saturated heterocycles. The van der Waals surface area contributed by atoms with Crippen molar-refractivity contribution >= 4 is 17.7 Å². The molecule has 1 saturated carbocycles. The fraction of sp³-hybridized carbons (Fsp3) is 0.320. The van der Waals surface area contributed by atoms with Crippen molar-refractivity contribution < 1.29 is 14.4 Å². The first-order chi connectivity index (χ1) is 14.6. The molecule has 1 aliphatic heterocycles. The molecule has 3 amide bonds. The number of rotatable bonds is 6. The molecule has 5 rings (SSSR count). The summed E-state index contributed by atoms with van der Waals surface area (Å²) in [7, 11) is 0. The van der Waals surface area contributed by atoms with Crippen molar-refractivity contribution in [3.05, 3.63) is 83.9 Å². The van der Waals surface area contributed by atoms with E-state index in [1.807, 2.05) is 60.7 Å². The zero-order valence-corrected chi connectivity index (χ0v) is 16.6. The Morgan fingerprint density at radius 3 is 1.97 bits per heavy atom. The summed E-state index contributed by atoms with van der Waals surface area (Å²) in [5.74, 6) is -0.988. The van der Waals surface area contributed by atoms with Crippen molar-refractivity contribution in [2.45, 2.75) is 25.4 Å².